The molecule has 3 aromatic rings. The number of hydrogen-bond acceptors (Lipinski definition) is 5. The Balaban J connectivity index is 1.41. The Kier molecular flexibility index (Phi) is 10.00. The van der Waals surface area contributed by atoms with Gasteiger partial charge in [0.05, 0.1) is 18.1 Å². The number of ketones is 1. The number of hydrogen-bond donors (Lipinski definition) is 4. The van der Waals surface area contributed by atoms with Crippen LogP contribution in [0.25, 0.3) is 0 Å². The van der Waals surface area contributed by atoms with Crippen molar-refractivity contribution in [2.75, 3.05) is 19.6 Å². The minimum Gasteiger partial charge on any atom is -0.347 e. The second kappa shape index (κ2) is 13.8. The average Bonchev–Trinajstić information content (AvgIpc) is 2.96. The first kappa shape index (κ1) is 28.2. The van der Waals surface area contributed by atoms with E-state index in [0.29, 0.717) is 12.3 Å². The lowest BCUT2D eigenvalue weighted by molar-refractivity contribution is -0.127. The van der Waals surface area contributed by atoms with Crippen LogP contribution in [0.2, 0.25) is 0 Å². The Bertz CT molecular complexity index is 1120. The predicted molar refractivity (Wildman–Crippen MR) is 153 cm³/mol. The molecule has 2 atom stereocenters. The zero-order valence-electron chi connectivity index (χ0n) is 22.3. The molecule has 1 heterocycles. The first-order chi connectivity index (χ1) is 19.0. The molecule has 2 amide bonds. The number of benzene rings is 3. The molecule has 1 fully saturated rings. The van der Waals surface area contributed by atoms with Crippen molar-refractivity contribution in [3.05, 3.63) is 108 Å². The molecule has 0 aromatic heterocycles. The van der Waals surface area contributed by atoms with Gasteiger partial charge in [0.15, 0.2) is 0 Å². The lowest BCUT2D eigenvalue weighted by Crippen LogP contribution is -2.48. The number of Topliss-reactive ketones (excluding diaryl/α,β-unsaturated/α-hetero) is 1. The van der Waals surface area contributed by atoms with Gasteiger partial charge in [-0.25, -0.2) is 0 Å². The normalized spacial score (nSPS) is 16.2. The molecule has 0 bridgehead atoms. The summed E-state index contributed by atoms with van der Waals surface area (Å²) in [6.45, 7) is 1.62. The summed E-state index contributed by atoms with van der Waals surface area (Å²) in [4.78, 5) is 38.4. The van der Waals surface area contributed by atoms with E-state index in [-0.39, 0.29) is 31.1 Å². The van der Waals surface area contributed by atoms with Crippen LogP contribution in [0.15, 0.2) is 91.0 Å². The van der Waals surface area contributed by atoms with E-state index in [4.69, 9.17) is 5.73 Å². The van der Waals surface area contributed by atoms with E-state index in [1.165, 1.54) is 0 Å². The fourth-order valence-corrected chi connectivity index (χ4v) is 5.51. The van der Waals surface area contributed by atoms with Crippen molar-refractivity contribution in [2.45, 2.75) is 43.7 Å². The van der Waals surface area contributed by atoms with Crippen molar-refractivity contribution < 1.29 is 14.4 Å². The summed E-state index contributed by atoms with van der Waals surface area (Å²) in [5.74, 6) is -0.324. The Morgan fingerprint density at radius 1 is 0.846 bits per heavy atom. The molecule has 39 heavy (non-hydrogen) atoms. The van der Waals surface area contributed by atoms with Crippen molar-refractivity contribution in [3.63, 3.8) is 0 Å². The molecule has 0 aliphatic carbocycles. The molecule has 0 radical (unpaired) electrons. The van der Waals surface area contributed by atoms with Gasteiger partial charge in [-0.2, -0.15) is 0 Å². The fourth-order valence-electron chi connectivity index (χ4n) is 5.51. The molecule has 1 unspecified atom stereocenters. The van der Waals surface area contributed by atoms with Crippen LogP contribution in [0.1, 0.15) is 48.8 Å². The molecule has 4 rings (SSSR count). The highest BCUT2D eigenvalue weighted by Crippen LogP contribution is 2.42. The molecule has 0 spiro atoms. The highest BCUT2D eigenvalue weighted by atomic mass is 16.2. The van der Waals surface area contributed by atoms with E-state index < -0.39 is 17.5 Å². The average molecular weight is 527 g/mol. The maximum Gasteiger partial charge on any atom is 0.240 e. The Morgan fingerprint density at radius 3 is 1.87 bits per heavy atom. The van der Waals surface area contributed by atoms with Crippen LogP contribution in [-0.4, -0.2) is 43.4 Å². The van der Waals surface area contributed by atoms with Crippen LogP contribution in [0.3, 0.4) is 0 Å². The number of nitrogens with two attached hydrogens (primary N) is 1. The number of amides is 2. The van der Waals surface area contributed by atoms with E-state index in [1.54, 1.807) is 0 Å². The minimum atomic E-state index is -0.782. The Labute approximate surface area is 230 Å². The highest BCUT2D eigenvalue weighted by Gasteiger charge is 2.38. The second-order valence-corrected chi connectivity index (χ2v) is 10.3. The predicted octanol–water partition coefficient (Wildman–Crippen LogP) is 3.28. The summed E-state index contributed by atoms with van der Waals surface area (Å²) in [5.41, 5.74) is 8.23. The van der Waals surface area contributed by atoms with Gasteiger partial charge in [0.1, 0.15) is 5.78 Å². The van der Waals surface area contributed by atoms with Gasteiger partial charge in [-0.3, -0.25) is 14.4 Å². The molecule has 204 valence electrons. The summed E-state index contributed by atoms with van der Waals surface area (Å²) in [6, 6.07) is 29.8. The highest BCUT2D eigenvalue weighted by molar-refractivity contribution is 5.87. The number of rotatable bonds is 12. The molecule has 1 aliphatic heterocycles. The van der Waals surface area contributed by atoms with Gasteiger partial charge >= 0.3 is 0 Å². The molecule has 1 saturated heterocycles. The molecule has 0 saturated carbocycles. The smallest absolute Gasteiger partial charge is 0.240 e. The maximum absolute atomic E-state index is 13.4. The molecule has 7 heteroatoms. The standard InChI is InChI=1S/C32H38N4O3/c33-29(20-28(37)19-24-11-10-18-34-22-24)36-31(39)23-35-30(38)21-32(25-12-4-1-5-13-25,26-14-6-2-7-15-26)27-16-8-3-9-17-27/h1-9,12-17,24,29,34H,10-11,18-23,33H2,(H,35,38)(H,36,39)/t24-,29?/m0/s1. The zero-order valence-corrected chi connectivity index (χ0v) is 22.3. The third kappa shape index (κ3) is 7.62. The monoisotopic (exact) mass is 526 g/mol. The van der Waals surface area contributed by atoms with Crippen LogP contribution < -0.4 is 21.7 Å². The summed E-state index contributed by atoms with van der Waals surface area (Å²) in [6.07, 6.45) is 1.97. The van der Waals surface area contributed by atoms with Crippen LogP contribution in [0.4, 0.5) is 0 Å². The van der Waals surface area contributed by atoms with Crippen molar-refractivity contribution in [3.8, 4) is 0 Å². The number of carbonyl (C=O) groups is 3. The minimum absolute atomic E-state index is 0.0407. The van der Waals surface area contributed by atoms with Gasteiger partial charge < -0.3 is 21.7 Å². The SMILES string of the molecule is NC(CC(=O)C[C@@H]1CCCNC1)NC(=O)CNC(=O)CC(c1ccccc1)(c1ccccc1)c1ccccc1. The van der Waals surface area contributed by atoms with Gasteiger partial charge in [-0.1, -0.05) is 91.0 Å². The third-order valence-corrected chi connectivity index (χ3v) is 7.38. The molecule has 5 N–H and O–H groups in total. The van der Waals surface area contributed by atoms with Gasteiger partial charge in [-0.15, -0.1) is 0 Å². The van der Waals surface area contributed by atoms with E-state index in [0.717, 1.165) is 42.6 Å². The molecular weight excluding hydrogens is 488 g/mol. The molecule has 1 aliphatic rings. The van der Waals surface area contributed by atoms with E-state index in [1.807, 2.05) is 91.0 Å². The second-order valence-electron chi connectivity index (χ2n) is 10.3. The first-order valence-electron chi connectivity index (χ1n) is 13.7. The van der Waals surface area contributed by atoms with Crippen LogP contribution in [0.5, 0.6) is 0 Å². The van der Waals surface area contributed by atoms with E-state index in [2.05, 4.69) is 16.0 Å². The molecular formula is C32H38N4O3. The van der Waals surface area contributed by atoms with Crippen molar-refractivity contribution in [2.24, 2.45) is 11.7 Å². The van der Waals surface area contributed by atoms with Crippen molar-refractivity contribution in [1.29, 1.82) is 0 Å². The quantitative estimate of drug-likeness (QED) is 0.214. The molecule has 3 aromatic carbocycles. The van der Waals surface area contributed by atoms with Crippen LogP contribution in [0, 0.1) is 5.92 Å². The van der Waals surface area contributed by atoms with Crippen molar-refractivity contribution >= 4 is 17.6 Å². The fraction of sp³-hybridized carbons (Fsp3) is 0.344. The lowest BCUT2D eigenvalue weighted by Gasteiger charge is -2.35. The molecule has 7 nitrogen and oxygen atoms in total. The van der Waals surface area contributed by atoms with Gasteiger partial charge in [0.2, 0.25) is 11.8 Å². The van der Waals surface area contributed by atoms with E-state index in [9.17, 15) is 14.4 Å². The summed E-state index contributed by atoms with van der Waals surface area (Å²) in [7, 11) is 0. The summed E-state index contributed by atoms with van der Waals surface area (Å²) >= 11 is 0. The maximum atomic E-state index is 13.4. The number of carbonyl (C=O) groups excluding carboxylic acids is 3. The Hall–Kier alpha value is -3.81. The van der Waals surface area contributed by atoms with E-state index >= 15 is 0 Å². The number of piperidine rings is 1. The topological polar surface area (TPSA) is 113 Å². The van der Waals surface area contributed by atoms with Gasteiger partial charge in [-0.05, 0) is 48.5 Å². The first-order valence-corrected chi connectivity index (χ1v) is 13.7. The van der Waals surface area contributed by atoms with Gasteiger partial charge in [0.25, 0.3) is 0 Å². The zero-order chi connectivity index (χ0) is 27.5. The lowest BCUT2D eigenvalue weighted by atomic mass is 9.67. The van der Waals surface area contributed by atoms with Gasteiger partial charge in [0, 0.05) is 19.3 Å². The van der Waals surface area contributed by atoms with Crippen LogP contribution in [-0.2, 0) is 19.8 Å². The Morgan fingerprint density at radius 2 is 1.38 bits per heavy atom. The largest absolute Gasteiger partial charge is 0.347 e. The number of nitrogens with one attached hydrogen (secondary N) is 3. The third-order valence-electron chi connectivity index (χ3n) is 7.38. The van der Waals surface area contributed by atoms with Crippen LogP contribution >= 0.6 is 0 Å². The summed E-state index contributed by atoms with van der Waals surface area (Å²) in [5, 5.41) is 8.73. The summed E-state index contributed by atoms with van der Waals surface area (Å²) < 4.78 is 0. The van der Waals surface area contributed by atoms with Crippen molar-refractivity contribution in [1.82, 2.24) is 16.0 Å².